The molecule has 0 radical (unpaired) electrons. The highest BCUT2D eigenvalue weighted by Gasteiger charge is 2.43. The number of rotatable bonds is 63. The fraction of sp³-hybridized carbons (Fsp3) is 0.740. The number of hydrogen-bond donors (Lipinski definition) is 27. The number of hydrogen-bond acceptors (Lipinski definition) is 28. The van der Waals surface area contributed by atoms with Gasteiger partial charge in [-0.2, -0.15) is 11.8 Å². The molecular formula is C77H137N23O25S. The van der Waals surface area contributed by atoms with Gasteiger partial charge >= 0.3 is 17.9 Å². The lowest BCUT2D eigenvalue weighted by molar-refractivity contribution is -0.144. The zero-order chi connectivity index (χ0) is 95.9. The van der Waals surface area contributed by atoms with Crippen molar-refractivity contribution in [3.8, 4) is 0 Å². The van der Waals surface area contributed by atoms with Gasteiger partial charge in [-0.15, -0.1) is 0 Å². The van der Waals surface area contributed by atoms with Gasteiger partial charge in [-0.05, 0) is 187 Å². The first-order valence-corrected chi connectivity index (χ1v) is 43.4. The Morgan fingerprint density at radius 2 is 0.754 bits per heavy atom. The van der Waals surface area contributed by atoms with E-state index in [9.17, 15) is 122 Å². The van der Waals surface area contributed by atoms with Gasteiger partial charge in [-0.1, -0.05) is 27.7 Å². The zero-order valence-corrected chi connectivity index (χ0v) is 74.1. The lowest BCUT2D eigenvalue weighted by atomic mass is 10.0. The van der Waals surface area contributed by atoms with Crippen LogP contribution in [0, 0.1) is 11.8 Å². The van der Waals surface area contributed by atoms with Crippen molar-refractivity contribution in [1.29, 1.82) is 0 Å². The van der Waals surface area contributed by atoms with Crippen molar-refractivity contribution in [1.82, 2.24) is 79.3 Å². The van der Waals surface area contributed by atoms with Crippen LogP contribution in [0.5, 0.6) is 0 Å². The molecule has 19 atom stereocenters. The number of aliphatic hydroxyl groups excluding tert-OH is 3. The summed E-state index contributed by atoms with van der Waals surface area (Å²) in [5.74, 6) is -22.2. The number of carbonyl (C=O) groups is 19. The Bertz CT molecular complexity index is 3670. The SMILES string of the molecule is CSCC[C@H](NC(=O)[C@H](C)NC(=O)[C@@H](NC(=O)[C@H](CCCN=C(N)N)NC(=O)[C@H](CCC(=O)O)NC(=O)[C@@H]1CCCN1C(=O)[C@H](CCC(=O)O)NC(=O)[C@@H](NC(=O)[C@H](C)NC(=O)[C@H](CC(N)=O)NC(=O)[C@@H](NC(=O)[C@H](CCCCN)NC(=O)[C@@H](NC(=O)[C@@H](N)CC(C)C)[C@@H](C)O)C(C)C)[C@@H](C)O)[C@@H](C)O)C(=O)N[C@@H](CCCCN)C(=O)N[C@@H](CCCCN)C(=O)O. The third-order valence-corrected chi connectivity index (χ3v) is 20.6. The summed E-state index contributed by atoms with van der Waals surface area (Å²) in [5.41, 5.74) is 39.5. The maximum atomic E-state index is 14.7. The first kappa shape index (κ1) is 113. The van der Waals surface area contributed by atoms with Gasteiger partial charge in [0.25, 0.3) is 0 Å². The summed E-state index contributed by atoms with van der Waals surface area (Å²) >= 11 is 1.30. The van der Waals surface area contributed by atoms with E-state index in [1.807, 2.05) is 13.8 Å². The third kappa shape index (κ3) is 42.5. The van der Waals surface area contributed by atoms with Crippen LogP contribution >= 0.6 is 11.8 Å². The number of aliphatic hydroxyl groups is 3. The number of aliphatic imine (C=N–C) groups is 1. The highest BCUT2D eigenvalue weighted by atomic mass is 32.2. The Morgan fingerprint density at radius 3 is 1.18 bits per heavy atom. The van der Waals surface area contributed by atoms with E-state index in [1.165, 1.54) is 39.5 Å². The minimum Gasteiger partial charge on any atom is -0.481 e. The lowest BCUT2D eigenvalue weighted by Crippen LogP contribution is -2.62. The molecule has 0 aromatic rings. The molecule has 1 aliphatic rings. The fourth-order valence-corrected chi connectivity index (χ4v) is 13.3. The second kappa shape index (κ2) is 59.3. The maximum absolute atomic E-state index is 14.7. The number of nitrogens with two attached hydrogens (primary N) is 7. The summed E-state index contributed by atoms with van der Waals surface area (Å²) < 4.78 is 0. The number of carboxylic acid groups (broad SMARTS) is 3. The minimum absolute atomic E-state index is 0.00665. The van der Waals surface area contributed by atoms with Crippen molar-refractivity contribution in [2.45, 2.75) is 306 Å². The molecule has 1 rings (SSSR count). The Labute approximate surface area is 735 Å². The molecule has 0 unspecified atom stereocenters. The number of nitrogens with one attached hydrogen (secondary N) is 14. The molecule has 0 spiro atoms. The van der Waals surface area contributed by atoms with Gasteiger partial charge in [-0.25, -0.2) is 4.79 Å². The molecule has 34 N–H and O–H groups in total. The van der Waals surface area contributed by atoms with E-state index in [0.29, 0.717) is 32.1 Å². The number of guanidine groups is 1. The van der Waals surface area contributed by atoms with Crippen LogP contribution in [-0.2, 0) is 91.1 Å². The van der Waals surface area contributed by atoms with Crippen molar-refractivity contribution >= 4 is 130 Å². The Balaban J connectivity index is 3.58. The molecule has 716 valence electrons. The molecule has 0 aliphatic carbocycles. The number of thioether (sulfide) groups is 1. The first-order chi connectivity index (χ1) is 59.1. The Hall–Kier alpha value is -10.7. The molecule has 1 fully saturated rings. The first-order valence-electron chi connectivity index (χ1n) is 42.0. The smallest absolute Gasteiger partial charge is 0.326 e. The summed E-state index contributed by atoms with van der Waals surface area (Å²) in [6, 6.07) is -25.5. The standard InChI is InChI=1S/C77H137N23O25S/c1-37(2)35-44(81)63(111)98-60(43(9)103)73(121)92-46(20-12-15-30-79)67(115)96-57(38(3)4)71(119)95-52(36-54(82)104)69(117)86-40(6)62(110)97-59(42(8)102)74(122)93-50(25-27-56(107)108)75(123)100-33-18-23-53(100)70(118)91-48(24-26-55(105)106)65(113)90-47(22-17-32-85-77(83)84)68(116)99-58(41(7)101)72(120)87-39(5)61(109)88-49(28-34-126-10)66(114)89-45(19-11-14-29-78)64(112)94-51(76(124)125)21-13-16-31-80/h37-53,57-60,101-103H,11-36,78-81H2,1-10H3,(H2,82,104)(H,86,117)(H,87,120)(H,88,109)(H,89,114)(H,90,113)(H,91,118)(H,92,121)(H,93,122)(H,94,112)(H,95,119)(H,96,115)(H,97,110)(H,98,111)(H,99,116)(H,105,106)(H,107,108)(H,124,125)(H4,83,84,85)/t39-,40-,41+,42+,43+,44-,45-,46-,47-,48-,49-,50-,51-,52-,53-,57-,58-,59-,60-/m0/s1. The molecule has 16 amide bonds. The largest absolute Gasteiger partial charge is 0.481 e. The second-order valence-corrected chi connectivity index (χ2v) is 32.7. The van der Waals surface area contributed by atoms with Gasteiger partial charge in [0.15, 0.2) is 5.96 Å². The van der Waals surface area contributed by atoms with Gasteiger partial charge in [-0.3, -0.25) is 91.3 Å². The molecule has 1 heterocycles. The predicted octanol–water partition coefficient (Wildman–Crippen LogP) is -9.14. The molecule has 49 heteroatoms. The molecular weight excluding hydrogens is 1680 g/mol. The van der Waals surface area contributed by atoms with Crippen molar-refractivity contribution in [3.05, 3.63) is 0 Å². The predicted molar refractivity (Wildman–Crippen MR) is 457 cm³/mol. The van der Waals surface area contributed by atoms with Crippen LogP contribution in [0.4, 0.5) is 0 Å². The van der Waals surface area contributed by atoms with Gasteiger partial charge < -0.3 is 150 Å². The summed E-state index contributed by atoms with van der Waals surface area (Å²) in [4.78, 5) is 264. The van der Waals surface area contributed by atoms with E-state index in [-0.39, 0.29) is 115 Å². The Morgan fingerprint density at radius 1 is 0.405 bits per heavy atom. The number of amides is 16. The lowest BCUT2D eigenvalue weighted by Gasteiger charge is -2.31. The molecule has 0 bridgehead atoms. The van der Waals surface area contributed by atoms with Gasteiger partial charge in [0.1, 0.15) is 90.6 Å². The van der Waals surface area contributed by atoms with E-state index in [4.69, 9.17) is 40.1 Å². The van der Waals surface area contributed by atoms with Crippen LogP contribution in [0.25, 0.3) is 0 Å². The van der Waals surface area contributed by atoms with Crippen molar-refractivity contribution < 1.29 is 122 Å². The Kier molecular flexibility index (Phi) is 53.3. The number of primary amides is 1. The molecule has 48 nitrogen and oxygen atoms in total. The summed E-state index contributed by atoms with van der Waals surface area (Å²) in [6.45, 7) is 12.5. The summed E-state index contributed by atoms with van der Waals surface area (Å²) in [7, 11) is 0. The number of unbranched alkanes of at least 4 members (excludes halogenated alkanes) is 3. The maximum Gasteiger partial charge on any atom is 0.326 e. The van der Waals surface area contributed by atoms with Gasteiger partial charge in [0.2, 0.25) is 94.5 Å². The van der Waals surface area contributed by atoms with Crippen molar-refractivity contribution in [2.75, 3.05) is 44.7 Å². The number of likely N-dealkylation sites (tertiary alicyclic amines) is 1. The number of nitrogens with zero attached hydrogens (tertiary/aromatic N) is 2. The van der Waals surface area contributed by atoms with Gasteiger partial charge in [0, 0.05) is 25.9 Å². The number of aliphatic carboxylic acids is 3. The van der Waals surface area contributed by atoms with Gasteiger partial charge in [0.05, 0.1) is 30.8 Å². The van der Waals surface area contributed by atoms with E-state index in [0.717, 1.165) is 25.7 Å². The van der Waals surface area contributed by atoms with Crippen LogP contribution < -0.4 is 115 Å². The topological polar surface area (TPSA) is 812 Å². The van der Waals surface area contributed by atoms with Crippen molar-refractivity contribution in [2.24, 2.45) is 57.0 Å². The third-order valence-electron chi connectivity index (χ3n) is 20.0. The number of carbonyl (C=O) groups excluding carboxylic acids is 16. The molecule has 0 aromatic carbocycles. The fourth-order valence-electron chi connectivity index (χ4n) is 12.9. The van der Waals surface area contributed by atoms with Crippen LogP contribution in [0.1, 0.15) is 191 Å². The number of carboxylic acids is 3. The molecule has 1 saturated heterocycles. The normalized spacial score (nSPS) is 16.8. The summed E-state index contributed by atoms with van der Waals surface area (Å²) in [5, 5.41) is 95.5. The van der Waals surface area contributed by atoms with E-state index < -0.39 is 265 Å². The van der Waals surface area contributed by atoms with E-state index in [2.05, 4.69) is 79.4 Å². The quantitative estimate of drug-likeness (QED) is 0.0153. The highest BCUT2D eigenvalue weighted by molar-refractivity contribution is 7.98. The van der Waals surface area contributed by atoms with Crippen LogP contribution in [0.3, 0.4) is 0 Å². The van der Waals surface area contributed by atoms with E-state index in [1.54, 1.807) is 6.26 Å². The average Bonchev–Trinajstić information content (AvgIpc) is 1.64. The molecule has 1 aliphatic heterocycles. The minimum atomic E-state index is -2.03. The zero-order valence-electron chi connectivity index (χ0n) is 73.3. The highest BCUT2D eigenvalue weighted by Crippen LogP contribution is 2.22. The summed E-state index contributed by atoms with van der Waals surface area (Å²) in [6.07, 6.45) is -5.33. The molecule has 126 heavy (non-hydrogen) atoms. The molecule has 0 aromatic heterocycles. The van der Waals surface area contributed by atoms with Crippen LogP contribution in [0.2, 0.25) is 0 Å². The molecule has 0 saturated carbocycles. The second-order valence-electron chi connectivity index (χ2n) is 31.7. The van der Waals surface area contributed by atoms with Crippen molar-refractivity contribution in [3.63, 3.8) is 0 Å². The van der Waals surface area contributed by atoms with E-state index >= 15 is 0 Å². The average molecular weight is 1820 g/mol. The monoisotopic (exact) mass is 1820 g/mol. The van der Waals surface area contributed by atoms with Crippen LogP contribution in [0.15, 0.2) is 4.99 Å². The van der Waals surface area contributed by atoms with Crippen LogP contribution in [-0.4, -0.2) is 314 Å².